The van der Waals surface area contributed by atoms with Gasteiger partial charge in [0.15, 0.2) is 6.10 Å². The van der Waals surface area contributed by atoms with Gasteiger partial charge in [-0.15, -0.1) is 11.3 Å². The summed E-state index contributed by atoms with van der Waals surface area (Å²) in [6.07, 6.45) is 2.15. The molecule has 112 valence electrons. The minimum absolute atomic E-state index is 0.0632. The van der Waals surface area contributed by atoms with Crippen molar-refractivity contribution in [2.24, 2.45) is 0 Å². The number of thiazole rings is 1. The Morgan fingerprint density at radius 3 is 2.95 bits per heavy atom. The molecule has 0 radical (unpaired) electrons. The molecule has 1 aromatic heterocycles. The summed E-state index contributed by atoms with van der Waals surface area (Å²) < 4.78 is 6.20. The Hall–Kier alpha value is -1.39. The molecule has 1 aliphatic heterocycles. The summed E-state index contributed by atoms with van der Waals surface area (Å²) >= 11 is 1.70. The smallest absolute Gasteiger partial charge is 0.152 e. The van der Waals surface area contributed by atoms with Crippen LogP contribution in [0.1, 0.15) is 53.7 Å². The number of nitrogens with zero attached hydrogens (tertiary/aromatic N) is 1. The van der Waals surface area contributed by atoms with E-state index >= 15 is 0 Å². The molecule has 2 unspecified atom stereocenters. The van der Waals surface area contributed by atoms with Crippen molar-refractivity contribution >= 4 is 11.3 Å². The summed E-state index contributed by atoms with van der Waals surface area (Å²) in [7, 11) is 0. The lowest BCUT2D eigenvalue weighted by Gasteiger charge is -2.32. The number of hydrogen-bond donors (Lipinski definition) is 1. The third kappa shape index (κ3) is 3.11. The van der Waals surface area contributed by atoms with Crippen LogP contribution in [-0.4, -0.2) is 11.5 Å². The molecule has 1 aromatic carbocycles. The molecule has 2 aromatic rings. The lowest BCUT2D eigenvalue weighted by Crippen LogP contribution is -2.29. The number of benzene rings is 1. The first-order chi connectivity index (χ1) is 10.2. The molecule has 1 N–H and O–H groups in total. The number of aromatic nitrogens is 1. The largest absolute Gasteiger partial charge is 0.483 e. The van der Waals surface area contributed by atoms with Crippen LogP contribution < -0.4 is 10.1 Å². The van der Waals surface area contributed by atoms with Crippen molar-refractivity contribution in [1.82, 2.24) is 10.3 Å². The number of aryl methyl sites for hydroxylation is 2. The molecule has 2 atom stereocenters. The maximum absolute atomic E-state index is 6.20. The molecular weight excluding hydrogens is 280 g/mol. The molecule has 4 heteroatoms. The van der Waals surface area contributed by atoms with Crippen molar-refractivity contribution < 1.29 is 4.74 Å². The lowest BCUT2D eigenvalue weighted by molar-refractivity contribution is 0.151. The van der Waals surface area contributed by atoms with Crippen LogP contribution in [0, 0.1) is 13.8 Å². The van der Waals surface area contributed by atoms with Gasteiger partial charge in [0.05, 0.1) is 0 Å². The van der Waals surface area contributed by atoms with Gasteiger partial charge in [0, 0.05) is 29.1 Å². The molecular formula is C17H22N2OS. The van der Waals surface area contributed by atoms with Crippen molar-refractivity contribution in [3.63, 3.8) is 0 Å². The van der Waals surface area contributed by atoms with Crippen LogP contribution >= 0.6 is 11.3 Å². The fourth-order valence-electron chi connectivity index (χ4n) is 2.77. The first-order valence-electron chi connectivity index (χ1n) is 7.60. The Labute approximate surface area is 130 Å². The molecule has 21 heavy (non-hydrogen) atoms. The molecule has 0 bridgehead atoms. The van der Waals surface area contributed by atoms with E-state index in [0.29, 0.717) is 6.04 Å². The second-order valence-corrected chi connectivity index (χ2v) is 6.61. The maximum Gasteiger partial charge on any atom is 0.152 e. The molecule has 0 saturated heterocycles. The van der Waals surface area contributed by atoms with Crippen LogP contribution in [0.2, 0.25) is 0 Å². The Kier molecular flexibility index (Phi) is 4.27. The van der Waals surface area contributed by atoms with E-state index in [1.54, 1.807) is 11.3 Å². The molecule has 0 aliphatic carbocycles. The van der Waals surface area contributed by atoms with Crippen molar-refractivity contribution in [3.05, 3.63) is 45.4 Å². The van der Waals surface area contributed by atoms with Gasteiger partial charge in [-0.1, -0.05) is 24.6 Å². The number of ether oxygens (including phenoxy) is 1. The van der Waals surface area contributed by atoms with Gasteiger partial charge < -0.3 is 10.1 Å². The Morgan fingerprint density at radius 1 is 1.38 bits per heavy atom. The van der Waals surface area contributed by atoms with Gasteiger partial charge in [-0.3, -0.25) is 0 Å². The van der Waals surface area contributed by atoms with Crippen LogP contribution in [-0.2, 0) is 0 Å². The predicted molar refractivity (Wildman–Crippen MR) is 87.1 cm³/mol. The predicted octanol–water partition coefficient (Wildman–Crippen LogP) is 4.32. The maximum atomic E-state index is 6.20. The fourth-order valence-corrected chi connectivity index (χ4v) is 3.61. The highest BCUT2D eigenvalue weighted by molar-refractivity contribution is 7.09. The van der Waals surface area contributed by atoms with Crippen molar-refractivity contribution in [2.45, 2.75) is 45.8 Å². The van der Waals surface area contributed by atoms with Crippen molar-refractivity contribution in [2.75, 3.05) is 6.54 Å². The highest BCUT2D eigenvalue weighted by Crippen LogP contribution is 2.41. The van der Waals surface area contributed by atoms with E-state index in [1.165, 1.54) is 11.1 Å². The van der Waals surface area contributed by atoms with Crippen LogP contribution in [0.3, 0.4) is 0 Å². The minimum atomic E-state index is 0.0632. The molecule has 1 aliphatic rings. The molecule has 0 amide bonds. The molecule has 3 rings (SSSR count). The summed E-state index contributed by atoms with van der Waals surface area (Å²) in [5.41, 5.74) is 3.64. The number of hydrogen-bond acceptors (Lipinski definition) is 4. The van der Waals surface area contributed by atoms with Crippen molar-refractivity contribution in [3.8, 4) is 5.75 Å². The van der Waals surface area contributed by atoms with Gasteiger partial charge in [-0.2, -0.15) is 0 Å². The minimum Gasteiger partial charge on any atom is -0.483 e. The molecule has 0 fully saturated rings. The van der Waals surface area contributed by atoms with E-state index in [2.05, 4.69) is 47.7 Å². The van der Waals surface area contributed by atoms with Gasteiger partial charge in [-0.25, -0.2) is 4.98 Å². The first-order valence-corrected chi connectivity index (χ1v) is 8.48. The number of rotatable bonds is 4. The average molecular weight is 302 g/mol. The number of fused-ring (bicyclic) bond motifs is 1. The fraction of sp³-hybridized carbons (Fsp3) is 0.471. The monoisotopic (exact) mass is 302 g/mol. The van der Waals surface area contributed by atoms with Crippen LogP contribution in [0.15, 0.2) is 23.6 Å². The normalized spacial score (nSPS) is 20.9. The Bertz CT molecular complexity index is 623. The summed E-state index contributed by atoms with van der Waals surface area (Å²) in [6, 6.07) is 6.80. The molecule has 0 saturated carbocycles. The zero-order valence-electron chi connectivity index (χ0n) is 12.8. The second kappa shape index (κ2) is 6.16. The van der Waals surface area contributed by atoms with Crippen LogP contribution in [0.5, 0.6) is 5.75 Å². The third-order valence-electron chi connectivity index (χ3n) is 3.81. The van der Waals surface area contributed by atoms with E-state index in [-0.39, 0.29) is 6.10 Å². The van der Waals surface area contributed by atoms with E-state index in [4.69, 9.17) is 4.74 Å². The van der Waals surface area contributed by atoms with Crippen LogP contribution in [0.4, 0.5) is 0 Å². The summed E-state index contributed by atoms with van der Waals surface area (Å²) in [5, 5.41) is 6.84. The highest BCUT2D eigenvalue weighted by atomic mass is 32.1. The SMILES string of the molecule is CCCNC1CC(c2nc(C)cs2)Oc2ccc(C)cc21. The highest BCUT2D eigenvalue weighted by Gasteiger charge is 2.30. The topological polar surface area (TPSA) is 34.2 Å². The number of nitrogens with one attached hydrogen (secondary N) is 1. The standard InChI is InChI=1S/C17H22N2OS/c1-4-7-18-14-9-16(17-19-12(3)10-21-17)20-15-6-5-11(2)8-13(14)15/h5-6,8,10,14,16,18H,4,7,9H2,1-3H3. The average Bonchev–Trinajstić information content (AvgIpc) is 2.91. The summed E-state index contributed by atoms with van der Waals surface area (Å²) in [6.45, 7) is 7.40. The summed E-state index contributed by atoms with van der Waals surface area (Å²) in [4.78, 5) is 4.61. The zero-order chi connectivity index (χ0) is 14.8. The lowest BCUT2D eigenvalue weighted by atomic mass is 9.95. The molecule has 2 heterocycles. The van der Waals surface area contributed by atoms with Crippen molar-refractivity contribution in [1.29, 1.82) is 0 Å². The van der Waals surface area contributed by atoms with Gasteiger partial charge in [0.25, 0.3) is 0 Å². The van der Waals surface area contributed by atoms with E-state index in [9.17, 15) is 0 Å². The van der Waals surface area contributed by atoms with Gasteiger partial charge in [-0.05, 0) is 32.9 Å². The van der Waals surface area contributed by atoms with Crippen LogP contribution in [0.25, 0.3) is 0 Å². The third-order valence-corrected chi connectivity index (χ3v) is 4.87. The zero-order valence-corrected chi connectivity index (χ0v) is 13.7. The molecule has 0 spiro atoms. The van der Waals surface area contributed by atoms with Gasteiger partial charge in [0.1, 0.15) is 10.8 Å². The van der Waals surface area contributed by atoms with E-state index in [1.807, 2.05) is 6.92 Å². The van der Waals surface area contributed by atoms with E-state index < -0.39 is 0 Å². The Balaban J connectivity index is 1.90. The first kappa shape index (κ1) is 14.5. The summed E-state index contributed by atoms with van der Waals surface area (Å²) in [5.74, 6) is 0.998. The quantitative estimate of drug-likeness (QED) is 0.913. The second-order valence-electron chi connectivity index (χ2n) is 5.72. The van der Waals surface area contributed by atoms with Gasteiger partial charge in [0.2, 0.25) is 0 Å². The van der Waals surface area contributed by atoms with Gasteiger partial charge >= 0.3 is 0 Å². The Morgan fingerprint density at radius 2 is 2.24 bits per heavy atom. The molecule has 3 nitrogen and oxygen atoms in total. The van der Waals surface area contributed by atoms with E-state index in [0.717, 1.165) is 35.8 Å².